The standard InChI is InChI=1S/C12H14F3NO3/c1-2-9(7-17)16-11(18)8-3-5-10(6-4-8)19-12(13,14)15/h3-6,9,17H,2,7H2,1H3,(H,16,18)/t9-/m0/s1. The molecule has 0 unspecified atom stereocenters. The molecule has 0 aliphatic rings. The largest absolute Gasteiger partial charge is 0.573 e. The van der Waals surface area contributed by atoms with Crippen LogP contribution in [0.25, 0.3) is 0 Å². The van der Waals surface area contributed by atoms with E-state index in [4.69, 9.17) is 5.11 Å². The molecule has 0 bridgehead atoms. The summed E-state index contributed by atoms with van der Waals surface area (Å²) in [5, 5.41) is 11.5. The van der Waals surface area contributed by atoms with Crippen LogP contribution in [0.2, 0.25) is 0 Å². The molecule has 1 rings (SSSR count). The third kappa shape index (κ3) is 5.17. The Balaban J connectivity index is 2.68. The molecule has 0 saturated carbocycles. The van der Waals surface area contributed by atoms with Gasteiger partial charge in [-0.1, -0.05) is 6.92 Å². The minimum absolute atomic E-state index is 0.196. The highest BCUT2D eigenvalue weighted by molar-refractivity contribution is 5.94. The second kappa shape index (κ2) is 6.42. The molecule has 0 saturated heterocycles. The first-order chi connectivity index (χ1) is 8.85. The van der Waals surface area contributed by atoms with E-state index in [2.05, 4.69) is 10.1 Å². The van der Waals surface area contributed by atoms with Crippen molar-refractivity contribution >= 4 is 5.91 Å². The Kier molecular flexibility index (Phi) is 5.17. The highest BCUT2D eigenvalue weighted by atomic mass is 19.4. The van der Waals surface area contributed by atoms with Crippen LogP contribution in [0.5, 0.6) is 5.75 Å². The molecule has 4 nitrogen and oxygen atoms in total. The zero-order valence-corrected chi connectivity index (χ0v) is 10.2. The van der Waals surface area contributed by atoms with Gasteiger partial charge in [0, 0.05) is 5.56 Å². The van der Waals surface area contributed by atoms with Gasteiger partial charge in [0.1, 0.15) is 5.75 Å². The number of hydrogen-bond donors (Lipinski definition) is 2. The molecule has 0 spiro atoms. The third-order valence-electron chi connectivity index (χ3n) is 2.40. The zero-order chi connectivity index (χ0) is 14.5. The van der Waals surface area contributed by atoms with E-state index in [-0.39, 0.29) is 18.2 Å². The number of nitrogens with one attached hydrogen (secondary N) is 1. The van der Waals surface area contributed by atoms with Gasteiger partial charge in [-0.2, -0.15) is 0 Å². The van der Waals surface area contributed by atoms with Crippen LogP contribution in [-0.4, -0.2) is 30.0 Å². The van der Waals surface area contributed by atoms with Gasteiger partial charge in [0.25, 0.3) is 5.91 Å². The molecule has 106 valence electrons. The monoisotopic (exact) mass is 277 g/mol. The predicted molar refractivity (Wildman–Crippen MR) is 61.8 cm³/mol. The van der Waals surface area contributed by atoms with E-state index >= 15 is 0 Å². The summed E-state index contributed by atoms with van der Waals surface area (Å²) in [6, 6.07) is 4.18. The van der Waals surface area contributed by atoms with Crippen molar-refractivity contribution in [1.29, 1.82) is 0 Å². The molecular weight excluding hydrogens is 263 g/mol. The van der Waals surface area contributed by atoms with E-state index in [0.29, 0.717) is 6.42 Å². The number of halogens is 3. The molecule has 1 amide bonds. The van der Waals surface area contributed by atoms with E-state index in [9.17, 15) is 18.0 Å². The molecule has 1 aromatic carbocycles. The van der Waals surface area contributed by atoms with Crippen molar-refractivity contribution in [3.05, 3.63) is 29.8 Å². The summed E-state index contributed by atoms with van der Waals surface area (Å²) in [4.78, 5) is 11.7. The van der Waals surface area contributed by atoms with Gasteiger partial charge in [0.15, 0.2) is 0 Å². The lowest BCUT2D eigenvalue weighted by Gasteiger charge is -2.14. The molecule has 0 heterocycles. The van der Waals surface area contributed by atoms with Crippen LogP contribution in [0.3, 0.4) is 0 Å². The first-order valence-electron chi connectivity index (χ1n) is 5.63. The Labute approximate surface area is 108 Å². The molecule has 1 aromatic rings. The van der Waals surface area contributed by atoms with Crippen LogP contribution in [0.15, 0.2) is 24.3 Å². The Bertz CT molecular complexity index is 413. The summed E-state index contributed by atoms with van der Waals surface area (Å²) >= 11 is 0. The van der Waals surface area contributed by atoms with Crippen LogP contribution in [0, 0.1) is 0 Å². The molecule has 0 radical (unpaired) electrons. The van der Waals surface area contributed by atoms with Gasteiger partial charge in [-0.15, -0.1) is 13.2 Å². The van der Waals surface area contributed by atoms with Crippen molar-refractivity contribution in [3.8, 4) is 5.75 Å². The first kappa shape index (κ1) is 15.3. The van der Waals surface area contributed by atoms with Gasteiger partial charge in [-0.05, 0) is 30.7 Å². The maximum absolute atomic E-state index is 11.9. The number of ether oxygens (including phenoxy) is 1. The number of rotatable bonds is 5. The van der Waals surface area contributed by atoms with Crippen molar-refractivity contribution in [2.75, 3.05) is 6.61 Å². The number of benzene rings is 1. The summed E-state index contributed by atoms with van der Waals surface area (Å²) in [5.74, 6) is -0.849. The zero-order valence-electron chi connectivity index (χ0n) is 10.2. The molecule has 7 heteroatoms. The van der Waals surface area contributed by atoms with E-state index in [1.807, 2.05) is 0 Å². The average Bonchev–Trinajstić information content (AvgIpc) is 2.34. The van der Waals surface area contributed by atoms with E-state index in [1.54, 1.807) is 6.92 Å². The molecule has 0 aliphatic heterocycles. The van der Waals surface area contributed by atoms with Crippen molar-refractivity contribution in [1.82, 2.24) is 5.32 Å². The summed E-state index contributed by atoms with van der Waals surface area (Å²) < 4.78 is 39.5. The topological polar surface area (TPSA) is 58.6 Å². The molecule has 0 aromatic heterocycles. The highest BCUT2D eigenvalue weighted by Crippen LogP contribution is 2.22. The fourth-order valence-electron chi connectivity index (χ4n) is 1.35. The summed E-state index contributed by atoms with van der Waals surface area (Å²) in [7, 11) is 0. The summed E-state index contributed by atoms with van der Waals surface area (Å²) in [6.45, 7) is 1.60. The number of amides is 1. The van der Waals surface area contributed by atoms with Crippen LogP contribution in [0.4, 0.5) is 13.2 Å². The normalized spacial score (nSPS) is 12.9. The Hall–Kier alpha value is -1.76. The predicted octanol–water partition coefficient (Wildman–Crippen LogP) is 2.09. The molecule has 19 heavy (non-hydrogen) atoms. The average molecular weight is 277 g/mol. The van der Waals surface area contributed by atoms with Crippen molar-refractivity contribution in [2.45, 2.75) is 25.7 Å². The highest BCUT2D eigenvalue weighted by Gasteiger charge is 2.31. The van der Waals surface area contributed by atoms with Crippen molar-refractivity contribution in [2.24, 2.45) is 0 Å². The van der Waals surface area contributed by atoms with Gasteiger partial charge in [0.05, 0.1) is 12.6 Å². The number of carbonyl (C=O) groups is 1. The maximum Gasteiger partial charge on any atom is 0.573 e. The number of carbonyl (C=O) groups excluding carboxylic acids is 1. The molecule has 0 fully saturated rings. The lowest BCUT2D eigenvalue weighted by Crippen LogP contribution is -2.36. The van der Waals surface area contributed by atoms with Crippen LogP contribution in [0.1, 0.15) is 23.7 Å². The lowest BCUT2D eigenvalue weighted by atomic mass is 10.1. The third-order valence-corrected chi connectivity index (χ3v) is 2.40. The SMILES string of the molecule is CC[C@@H](CO)NC(=O)c1ccc(OC(F)(F)F)cc1. The van der Waals surface area contributed by atoms with E-state index in [0.717, 1.165) is 12.1 Å². The second-order valence-corrected chi connectivity index (χ2v) is 3.83. The fraction of sp³-hybridized carbons (Fsp3) is 0.417. The van der Waals surface area contributed by atoms with E-state index in [1.165, 1.54) is 12.1 Å². The second-order valence-electron chi connectivity index (χ2n) is 3.83. The number of alkyl halides is 3. The van der Waals surface area contributed by atoms with Crippen LogP contribution in [-0.2, 0) is 0 Å². The van der Waals surface area contributed by atoms with Gasteiger partial charge in [-0.25, -0.2) is 0 Å². The summed E-state index contributed by atoms with van der Waals surface area (Å²) in [6.07, 6.45) is -4.20. The van der Waals surface area contributed by atoms with Gasteiger partial charge < -0.3 is 15.2 Å². The van der Waals surface area contributed by atoms with Gasteiger partial charge >= 0.3 is 6.36 Å². The van der Waals surface area contributed by atoms with Crippen LogP contribution < -0.4 is 10.1 Å². The van der Waals surface area contributed by atoms with Crippen molar-refractivity contribution < 1.29 is 27.8 Å². The Morgan fingerprint density at radius 2 is 1.95 bits per heavy atom. The van der Waals surface area contributed by atoms with E-state index < -0.39 is 18.0 Å². The maximum atomic E-state index is 11.9. The van der Waals surface area contributed by atoms with Crippen LogP contribution >= 0.6 is 0 Å². The minimum atomic E-state index is -4.76. The minimum Gasteiger partial charge on any atom is -0.406 e. The fourth-order valence-corrected chi connectivity index (χ4v) is 1.35. The Morgan fingerprint density at radius 3 is 2.37 bits per heavy atom. The lowest BCUT2D eigenvalue weighted by molar-refractivity contribution is -0.274. The molecule has 0 aliphatic carbocycles. The van der Waals surface area contributed by atoms with Gasteiger partial charge in [-0.3, -0.25) is 4.79 Å². The molecular formula is C12H14F3NO3. The first-order valence-corrected chi connectivity index (χ1v) is 5.63. The number of aliphatic hydroxyl groups excluding tert-OH is 1. The number of hydrogen-bond acceptors (Lipinski definition) is 3. The van der Waals surface area contributed by atoms with Crippen molar-refractivity contribution in [3.63, 3.8) is 0 Å². The quantitative estimate of drug-likeness (QED) is 0.866. The number of aliphatic hydroxyl groups is 1. The molecule has 1 atom stereocenters. The smallest absolute Gasteiger partial charge is 0.406 e. The summed E-state index contributed by atoms with van der Waals surface area (Å²) in [5.41, 5.74) is 0.196. The molecule has 2 N–H and O–H groups in total. The Morgan fingerprint density at radius 1 is 1.37 bits per heavy atom. The van der Waals surface area contributed by atoms with Gasteiger partial charge in [0.2, 0.25) is 0 Å².